The number of esters is 1. The van der Waals surface area contributed by atoms with Gasteiger partial charge in [-0.1, -0.05) is 54.1 Å². The Hall–Kier alpha value is -3.63. The van der Waals surface area contributed by atoms with Gasteiger partial charge in [-0.2, -0.15) is 44.1 Å². The first-order chi connectivity index (χ1) is 19.1. The molecule has 0 aliphatic heterocycles. The highest BCUT2D eigenvalue weighted by molar-refractivity contribution is 7.86. The van der Waals surface area contributed by atoms with Gasteiger partial charge in [-0.25, -0.2) is 13.2 Å². The number of alkyl halides is 9. The lowest BCUT2D eigenvalue weighted by Crippen LogP contribution is -2.57. The average Bonchev–Trinajstić information content (AvgIpc) is 2.85. The van der Waals surface area contributed by atoms with E-state index in [0.717, 1.165) is 12.1 Å². The second-order valence-electron chi connectivity index (χ2n) is 8.44. The summed E-state index contributed by atoms with van der Waals surface area (Å²) in [7, 11) is -4.44. The van der Waals surface area contributed by atoms with Crippen LogP contribution in [0.4, 0.5) is 39.5 Å². The van der Waals surface area contributed by atoms with Gasteiger partial charge in [0, 0.05) is 22.7 Å². The number of benzene rings is 3. The maximum absolute atomic E-state index is 14.2. The van der Waals surface area contributed by atoms with Gasteiger partial charge in [-0.15, -0.1) is 0 Å². The molecule has 0 saturated heterocycles. The van der Waals surface area contributed by atoms with Gasteiger partial charge in [-0.3, -0.25) is 0 Å². The van der Waals surface area contributed by atoms with E-state index in [1.807, 2.05) is 0 Å². The summed E-state index contributed by atoms with van der Waals surface area (Å²) in [5.41, 5.74) is -11.5. The Balaban J connectivity index is 0.000000531. The van der Waals surface area contributed by atoms with Crippen LogP contribution in [0.25, 0.3) is 21.8 Å². The van der Waals surface area contributed by atoms with Crippen LogP contribution in [0.3, 0.4) is 0 Å². The van der Waals surface area contributed by atoms with E-state index in [2.05, 4.69) is 4.74 Å². The predicted molar refractivity (Wildman–Crippen MR) is 129 cm³/mol. The minimum absolute atomic E-state index is 0.0463. The van der Waals surface area contributed by atoms with Crippen molar-refractivity contribution in [3.63, 3.8) is 0 Å². The third kappa shape index (κ3) is 6.10. The molecule has 42 heavy (non-hydrogen) atoms. The fourth-order valence-electron chi connectivity index (χ4n) is 4.00. The Morgan fingerprint density at radius 2 is 1.26 bits per heavy atom. The molecule has 0 bridgehead atoms. The topological polar surface area (TPSA) is 87.4 Å². The zero-order valence-electron chi connectivity index (χ0n) is 20.6. The van der Waals surface area contributed by atoms with Crippen molar-refractivity contribution >= 4 is 49.5 Å². The number of aryl methyl sites for hydroxylation is 1. The summed E-state index contributed by atoms with van der Waals surface area (Å²) < 4.78 is 150. The highest BCUT2D eigenvalue weighted by Crippen LogP contribution is 2.53. The van der Waals surface area contributed by atoms with Crippen molar-refractivity contribution in [3.05, 3.63) is 88.9 Å². The molecular weight excluding hydrogens is 633 g/mol. The van der Waals surface area contributed by atoms with Gasteiger partial charge in [0.05, 0.1) is 16.3 Å². The third-order valence-electron chi connectivity index (χ3n) is 5.84. The van der Waals surface area contributed by atoms with E-state index >= 15 is 0 Å². The standard InChI is InChI=1S/C24H15ClF6NO2.CHF3O3S/c1-32-18-10-6-5-9-16(18)20(17-13-15(25)11-12-19(17)32)21(33)34-22(23(26,27)28,24(29,30)31)14-7-3-2-4-8-14;2-1(3,4)8(5,6)7/h2-13H,1H3;(H,5,6,7)/q+1;/p-1. The molecule has 4 aromatic rings. The number of halogens is 10. The van der Waals surface area contributed by atoms with Crippen LogP contribution in [0.15, 0.2) is 72.8 Å². The van der Waals surface area contributed by atoms with Crippen LogP contribution in [0, 0.1) is 0 Å². The fourth-order valence-corrected chi connectivity index (χ4v) is 4.17. The van der Waals surface area contributed by atoms with Gasteiger partial charge < -0.3 is 9.29 Å². The van der Waals surface area contributed by atoms with E-state index in [-0.39, 0.29) is 15.8 Å². The van der Waals surface area contributed by atoms with Gasteiger partial charge in [0.2, 0.25) is 11.0 Å². The Kier molecular flexibility index (Phi) is 8.78. The first kappa shape index (κ1) is 32.9. The Morgan fingerprint density at radius 1 is 0.786 bits per heavy atom. The summed E-state index contributed by atoms with van der Waals surface area (Å²) in [5.74, 6) is -1.79. The highest BCUT2D eigenvalue weighted by atomic mass is 35.5. The smallest absolute Gasteiger partial charge is 0.485 e. The lowest BCUT2D eigenvalue weighted by molar-refractivity contribution is -0.617. The molecule has 0 aliphatic rings. The Bertz CT molecular complexity index is 1730. The van der Waals surface area contributed by atoms with Crippen molar-refractivity contribution in [1.29, 1.82) is 0 Å². The molecule has 0 atom stereocenters. The molecule has 3 aromatic carbocycles. The van der Waals surface area contributed by atoms with Crippen LogP contribution in [0.5, 0.6) is 0 Å². The first-order valence-electron chi connectivity index (χ1n) is 11.1. The second-order valence-corrected chi connectivity index (χ2v) is 10.3. The molecule has 0 spiro atoms. The van der Waals surface area contributed by atoms with Crippen LogP contribution in [0.2, 0.25) is 5.02 Å². The van der Waals surface area contributed by atoms with E-state index < -0.39 is 50.7 Å². The van der Waals surface area contributed by atoms with Crippen molar-refractivity contribution in [2.45, 2.75) is 23.5 Å². The van der Waals surface area contributed by atoms with E-state index in [1.54, 1.807) is 23.7 Å². The molecule has 17 heteroatoms. The Labute approximate surface area is 235 Å². The number of fused-ring (bicyclic) bond motifs is 2. The van der Waals surface area contributed by atoms with E-state index in [9.17, 15) is 44.3 Å². The SMILES string of the molecule is C[n+]1c2ccccc2c(C(=O)OC(c2ccccc2)(C(F)(F)F)C(F)(F)F)c2cc(Cl)ccc21.O=S(=O)([O-])C(F)(F)F. The van der Waals surface area contributed by atoms with Gasteiger partial charge in [0.25, 0.3) is 0 Å². The number of aromatic nitrogens is 1. The van der Waals surface area contributed by atoms with E-state index in [0.29, 0.717) is 23.2 Å². The lowest BCUT2D eigenvalue weighted by atomic mass is 9.91. The molecule has 6 nitrogen and oxygen atoms in total. The van der Waals surface area contributed by atoms with Crippen molar-refractivity contribution < 1.29 is 66.6 Å². The predicted octanol–water partition coefficient (Wildman–Crippen LogP) is 6.70. The molecule has 226 valence electrons. The van der Waals surface area contributed by atoms with Crippen LogP contribution >= 0.6 is 11.6 Å². The number of rotatable bonds is 3. The number of carbonyl (C=O) groups excluding carboxylic acids is 1. The summed E-state index contributed by atoms with van der Waals surface area (Å²) in [6.07, 6.45) is -12.0. The molecule has 4 rings (SSSR count). The van der Waals surface area contributed by atoms with Crippen LogP contribution < -0.4 is 4.57 Å². The number of ether oxygens (including phenoxy) is 1. The molecule has 1 heterocycles. The Morgan fingerprint density at radius 3 is 1.76 bits per heavy atom. The van der Waals surface area contributed by atoms with Crippen molar-refractivity contribution in [3.8, 4) is 0 Å². The minimum Gasteiger partial charge on any atom is -0.741 e. The van der Waals surface area contributed by atoms with Crippen molar-refractivity contribution in [2.75, 3.05) is 0 Å². The molecule has 0 aliphatic carbocycles. The molecule has 0 amide bonds. The molecule has 0 saturated carbocycles. The third-order valence-corrected chi connectivity index (χ3v) is 6.64. The monoisotopic (exact) mass is 647 g/mol. The normalized spacial score (nSPS) is 13.0. The molecule has 0 fully saturated rings. The van der Waals surface area contributed by atoms with Crippen LogP contribution in [-0.4, -0.2) is 36.8 Å². The summed E-state index contributed by atoms with van der Waals surface area (Å²) in [4.78, 5) is 13.3. The van der Waals surface area contributed by atoms with Gasteiger partial charge in [-0.05, 0) is 18.2 Å². The quantitative estimate of drug-likeness (QED) is 0.0617. The molecule has 0 N–H and O–H groups in total. The number of hydrogen-bond donors (Lipinski definition) is 0. The van der Waals surface area contributed by atoms with E-state index in [1.165, 1.54) is 36.4 Å². The molecule has 0 radical (unpaired) electrons. The summed E-state index contributed by atoms with van der Waals surface area (Å²) >= 11 is 6.05. The number of para-hydroxylation sites is 1. The maximum Gasteiger partial charge on any atom is 0.485 e. The van der Waals surface area contributed by atoms with E-state index in [4.69, 9.17) is 24.6 Å². The maximum atomic E-state index is 14.2. The lowest BCUT2D eigenvalue weighted by Gasteiger charge is -2.36. The number of hydrogen-bond acceptors (Lipinski definition) is 5. The summed E-state index contributed by atoms with van der Waals surface area (Å²) in [6.45, 7) is 0. The van der Waals surface area contributed by atoms with Crippen LogP contribution in [-0.2, 0) is 27.5 Å². The summed E-state index contributed by atoms with van der Waals surface area (Å²) in [6, 6.07) is 14.9. The zero-order chi connectivity index (χ0) is 31.9. The average molecular weight is 648 g/mol. The van der Waals surface area contributed by atoms with Gasteiger partial charge >= 0.3 is 29.4 Å². The number of pyridine rings is 1. The van der Waals surface area contributed by atoms with Gasteiger partial charge in [0.1, 0.15) is 7.05 Å². The summed E-state index contributed by atoms with van der Waals surface area (Å²) in [5, 5.41) is 0.291. The molecule has 1 aromatic heterocycles. The first-order valence-corrected chi connectivity index (χ1v) is 12.9. The largest absolute Gasteiger partial charge is 0.741 e. The van der Waals surface area contributed by atoms with Gasteiger partial charge in [0.15, 0.2) is 10.1 Å². The molecule has 0 unspecified atom stereocenters. The highest BCUT2D eigenvalue weighted by Gasteiger charge is 2.75. The second kappa shape index (κ2) is 11.2. The number of carbonyl (C=O) groups is 1. The fraction of sp³-hybridized carbons (Fsp3) is 0.200. The molecular formula is C25H15ClF9NO5S. The minimum atomic E-state index is -6.09. The van der Waals surface area contributed by atoms with Crippen LogP contribution in [0.1, 0.15) is 15.9 Å². The number of nitrogens with zero attached hydrogens (tertiary/aromatic N) is 1. The zero-order valence-corrected chi connectivity index (χ0v) is 22.2. The van der Waals surface area contributed by atoms with Crippen molar-refractivity contribution in [2.24, 2.45) is 7.05 Å². The van der Waals surface area contributed by atoms with Crippen molar-refractivity contribution in [1.82, 2.24) is 0 Å².